The van der Waals surface area contributed by atoms with E-state index in [9.17, 15) is 26.3 Å². The highest BCUT2D eigenvalue weighted by Gasteiger charge is 2.28. The second-order valence-corrected chi connectivity index (χ2v) is 3.67. The molecule has 2 aromatic carbocycles. The highest BCUT2D eigenvalue weighted by Crippen LogP contribution is 2.37. The summed E-state index contributed by atoms with van der Waals surface area (Å²) in [5.41, 5.74) is 2.49. The van der Waals surface area contributed by atoms with Crippen molar-refractivity contribution in [2.45, 2.75) is 0 Å². The average molecular weight is 280 g/mol. The zero-order valence-electron chi connectivity index (χ0n) is 9.35. The number of anilines is 2. The van der Waals surface area contributed by atoms with E-state index in [2.05, 4.69) is 0 Å². The van der Waals surface area contributed by atoms with Crippen LogP contribution in [-0.4, -0.2) is 7.05 Å². The lowest BCUT2D eigenvalue weighted by atomic mass is 10.0. The van der Waals surface area contributed by atoms with Gasteiger partial charge in [-0.1, -0.05) is 0 Å². The Morgan fingerprint density at radius 3 is 1.68 bits per heavy atom. The molecule has 0 aliphatic rings. The Hall–Kier alpha value is -2.12. The lowest BCUT2D eigenvalue weighted by Gasteiger charge is -2.12. The lowest BCUT2D eigenvalue weighted by molar-refractivity contribution is 0.487. The van der Waals surface area contributed by atoms with Gasteiger partial charge in [0.1, 0.15) is 11.4 Å². The number of hydrogen-bond donors (Lipinski definition) is 2. The second-order valence-electron chi connectivity index (χ2n) is 3.67. The van der Waals surface area contributed by atoms with Crippen LogP contribution in [0.2, 0.25) is 0 Å². The van der Waals surface area contributed by atoms with Crippen LogP contribution in [0.5, 0.6) is 0 Å². The molecule has 2 nitrogen and oxygen atoms in total. The van der Waals surface area contributed by atoms with Gasteiger partial charge in [-0.15, -0.1) is 0 Å². The predicted octanol–water partition coefficient (Wildman–Crippen LogP) is 3.30. The zero-order valence-corrected chi connectivity index (χ0v) is 9.35. The Balaban J connectivity index is 3.18. The van der Waals surface area contributed by atoms with Crippen LogP contribution in [0.3, 0.4) is 0 Å². The number of halogens is 6. The van der Waals surface area contributed by atoms with E-state index in [4.69, 9.17) is 5.73 Å². The van der Waals surface area contributed by atoms with Crippen molar-refractivity contribution in [1.82, 2.24) is 0 Å². The quantitative estimate of drug-likeness (QED) is 0.478. The van der Waals surface area contributed by atoms with Gasteiger partial charge in [0.25, 0.3) is 0 Å². The first kappa shape index (κ1) is 13.3. The van der Waals surface area contributed by atoms with Crippen molar-refractivity contribution in [3.05, 3.63) is 34.9 Å². The molecule has 0 bridgehead atoms. The molecule has 0 spiro atoms. The molecule has 0 aliphatic heterocycles. The molecule has 0 saturated carbocycles. The van der Waals surface area contributed by atoms with E-state index in [1.54, 1.807) is 0 Å². The van der Waals surface area contributed by atoms with Crippen LogP contribution in [-0.2, 0) is 0 Å². The van der Waals surface area contributed by atoms with Crippen molar-refractivity contribution in [2.75, 3.05) is 18.1 Å². The van der Waals surface area contributed by atoms with Crippen LogP contribution in [0.15, 0.2) is 0 Å². The zero-order chi connectivity index (χ0) is 14.5. The van der Waals surface area contributed by atoms with Gasteiger partial charge in [0.05, 0.1) is 10.8 Å². The van der Waals surface area contributed by atoms with Gasteiger partial charge in [-0.25, -0.2) is 26.3 Å². The summed E-state index contributed by atoms with van der Waals surface area (Å²) in [6, 6.07) is 0. The Morgan fingerprint density at radius 2 is 1.16 bits per heavy atom. The minimum absolute atomic E-state index is 1.03. The fourth-order valence-electron chi connectivity index (χ4n) is 1.75. The number of fused-ring (bicyclic) bond motifs is 1. The van der Waals surface area contributed by atoms with Gasteiger partial charge in [-0.3, -0.25) is 0 Å². The number of nitrogen functional groups attached to an aromatic ring is 1. The van der Waals surface area contributed by atoms with E-state index in [1.165, 1.54) is 0 Å². The number of rotatable bonds is 1. The van der Waals surface area contributed by atoms with Crippen LogP contribution in [0.4, 0.5) is 37.7 Å². The first-order valence-electron chi connectivity index (χ1n) is 4.92. The summed E-state index contributed by atoms with van der Waals surface area (Å²) in [6.45, 7) is 0. The van der Waals surface area contributed by atoms with Crippen LogP contribution in [0.1, 0.15) is 0 Å². The van der Waals surface area contributed by atoms with Crippen LogP contribution in [0.25, 0.3) is 10.8 Å². The molecule has 102 valence electrons. The molecule has 19 heavy (non-hydrogen) atoms. The molecule has 0 fully saturated rings. The summed E-state index contributed by atoms with van der Waals surface area (Å²) in [4.78, 5) is 0. The van der Waals surface area contributed by atoms with Gasteiger partial charge >= 0.3 is 0 Å². The molecule has 0 aromatic heterocycles. The van der Waals surface area contributed by atoms with Gasteiger partial charge in [-0.2, -0.15) is 0 Å². The van der Waals surface area contributed by atoms with Crippen molar-refractivity contribution in [1.29, 1.82) is 0 Å². The number of nitrogens with two attached hydrogens (primary N) is 1. The third kappa shape index (κ3) is 1.59. The monoisotopic (exact) mass is 280 g/mol. The lowest BCUT2D eigenvalue weighted by Crippen LogP contribution is -2.08. The van der Waals surface area contributed by atoms with E-state index in [1.807, 2.05) is 5.32 Å². The molecular formula is C11H6F6N2. The smallest absolute Gasteiger partial charge is 0.185 e. The molecule has 0 amide bonds. The maximum absolute atomic E-state index is 13.8. The number of hydrogen-bond acceptors (Lipinski definition) is 2. The van der Waals surface area contributed by atoms with Gasteiger partial charge in [0.2, 0.25) is 0 Å². The molecule has 0 radical (unpaired) electrons. The molecule has 0 saturated heterocycles. The SMILES string of the molecule is CNc1c(F)c(F)c2c(F)c(N)c(F)c(F)c2c1F. The van der Waals surface area contributed by atoms with Crippen molar-refractivity contribution in [3.8, 4) is 0 Å². The molecule has 0 heterocycles. The summed E-state index contributed by atoms with van der Waals surface area (Å²) in [7, 11) is 1.04. The van der Waals surface area contributed by atoms with E-state index in [0.717, 1.165) is 7.05 Å². The average Bonchev–Trinajstić information content (AvgIpc) is 2.38. The number of benzene rings is 2. The normalized spacial score (nSPS) is 11.1. The highest BCUT2D eigenvalue weighted by molar-refractivity contribution is 5.91. The van der Waals surface area contributed by atoms with Gasteiger partial charge in [0, 0.05) is 7.05 Å². The minimum atomic E-state index is -1.89. The topological polar surface area (TPSA) is 38.0 Å². The molecule has 0 unspecified atom stereocenters. The number of nitrogens with one attached hydrogen (secondary N) is 1. The summed E-state index contributed by atoms with van der Waals surface area (Å²) in [5.74, 6) is -10.8. The predicted molar refractivity (Wildman–Crippen MR) is 57.7 cm³/mol. The van der Waals surface area contributed by atoms with E-state index in [-0.39, 0.29) is 0 Å². The van der Waals surface area contributed by atoms with E-state index < -0.39 is 57.1 Å². The van der Waals surface area contributed by atoms with Crippen molar-refractivity contribution in [3.63, 3.8) is 0 Å². The Morgan fingerprint density at radius 1 is 0.684 bits per heavy atom. The minimum Gasteiger partial charge on any atom is -0.394 e. The first-order valence-corrected chi connectivity index (χ1v) is 4.92. The van der Waals surface area contributed by atoms with Crippen molar-refractivity contribution < 1.29 is 26.3 Å². The summed E-state index contributed by atoms with van der Waals surface area (Å²) in [6.07, 6.45) is 0. The highest BCUT2D eigenvalue weighted by atomic mass is 19.2. The van der Waals surface area contributed by atoms with E-state index in [0.29, 0.717) is 0 Å². The largest absolute Gasteiger partial charge is 0.394 e. The maximum Gasteiger partial charge on any atom is 0.185 e. The van der Waals surface area contributed by atoms with Gasteiger partial charge < -0.3 is 11.1 Å². The standard InChI is InChI=1S/C11H6F6N2/c1-19-11-7(15)3-2(5(13)9(11)17)6(14)10(18)8(16)4(3)12/h19H,18H2,1H3. The second kappa shape index (κ2) is 4.22. The Labute approximate surface area is 102 Å². The fourth-order valence-corrected chi connectivity index (χ4v) is 1.75. The fraction of sp³-hybridized carbons (Fsp3) is 0.0909. The molecule has 2 aromatic rings. The molecule has 2 rings (SSSR count). The van der Waals surface area contributed by atoms with Gasteiger partial charge in [0.15, 0.2) is 34.9 Å². The molecule has 0 atom stereocenters. The summed E-state index contributed by atoms with van der Waals surface area (Å²) >= 11 is 0. The third-order valence-electron chi connectivity index (χ3n) is 2.68. The van der Waals surface area contributed by atoms with Crippen molar-refractivity contribution in [2.24, 2.45) is 0 Å². The summed E-state index contributed by atoms with van der Waals surface area (Å²) in [5, 5.41) is -0.766. The van der Waals surface area contributed by atoms with Gasteiger partial charge in [-0.05, 0) is 0 Å². The Bertz CT molecular complexity index is 698. The Kier molecular flexibility index (Phi) is 2.95. The molecule has 8 heteroatoms. The van der Waals surface area contributed by atoms with Crippen LogP contribution >= 0.6 is 0 Å². The summed E-state index contributed by atoms with van der Waals surface area (Å²) < 4.78 is 81.2. The van der Waals surface area contributed by atoms with Crippen LogP contribution < -0.4 is 11.1 Å². The van der Waals surface area contributed by atoms with Crippen molar-refractivity contribution >= 4 is 22.1 Å². The molecular weight excluding hydrogens is 274 g/mol. The van der Waals surface area contributed by atoms with Crippen LogP contribution in [0, 0.1) is 34.9 Å². The molecule has 0 aliphatic carbocycles. The third-order valence-corrected chi connectivity index (χ3v) is 2.68. The first-order chi connectivity index (χ1) is 8.82. The van der Waals surface area contributed by atoms with E-state index >= 15 is 0 Å². The molecule has 3 N–H and O–H groups in total. The maximum atomic E-state index is 13.8.